The molecule has 0 radical (unpaired) electrons. The van der Waals surface area contributed by atoms with E-state index in [0.717, 1.165) is 68.4 Å². The van der Waals surface area contributed by atoms with Gasteiger partial charge in [-0.1, -0.05) is 13.8 Å². The zero-order chi connectivity index (χ0) is 20.6. The Morgan fingerprint density at radius 2 is 1.86 bits per heavy atom. The van der Waals surface area contributed by atoms with Crippen molar-refractivity contribution in [2.24, 2.45) is 11.8 Å². The quantitative estimate of drug-likeness (QED) is 0.770. The summed E-state index contributed by atoms with van der Waals surface area (Å²) in [7, 11) is 2.27. The molecule has 1 aromatic heterocycles. The molecule has 0 N–H and O–H groups in total. The van der Waals surface area contributed by atoms with Crippen LogP contribution >= 0.6 is 0 Å². The maximum Gasteiger partial charge on any atom is 0.230 e. The molecule has 1 saturated heterocycles. The molecular formula is C24H37N3O2. The predicted molar refractivity (Wildman–Crippen MR) is 116 cm³/mol. The van der Waals surface area contributed by atoms with Gasteiger partial charge in [0.05, 0.1) is 11.4 Å². The molecule has 0 spiro atoms. The highest BCUT2D eigenvalue weighted by molar-refractivity contribution is 5.97. The van der Waals surface area contributed by atoms with Crippen LogP contribution in [-0.4, -0.2) is 55.2 Å². The van der Waals surface area contributed by atoms with Gasteiger partial charge in [-0.2, -0.15) is 0 Å². The lowest BCUT2D eigenvalue weighted by Gasteiger charge is -2.37. The maximum absolute atomic E-state index is 13.4. The molecular weight excluding hydrogens is 362 g/mol. The fourth-order valence-electron chi connectivity index (χ4n) is 5.49. The zero-order valence-electron chi connectivity index (χ0n) is 18.6. The van der Waals surface area contributed by atoms with E-state index in [1.165, 1.54) is 19.4 Å². The van der Waals surface area contributed by atoms with Gasteiger partial charge in [0.25, 0.3) is 0 Å². The SMILES string of the molecule is Cc1ccc2c(n1)C(C)(C)CN2C(=O)[C@H]1CC[C@H](N(C)CC2CCOCC2)CC1. The van der Waals surface area contributed by atoms with Gasteiger partial charge < -0.3 is 14.5 Å². The highest BCUT2D eigenvalue weighted by Gasteiger charge is 2.42. The van der Waals surface area contributed by atoms with Crippen LogP contribution in [-0.2, 0) is 14.9 Å². The molecule has 1 saturated carbocycles. The van der Waals surface area contributed by atoms with Crippen molar-refractivity contribution in [3.63, 3.8) is 0 Å². The number of carbonyl (C=O) groups excluding carboxylic acids is 1. The minimum atomic E-state index is -0.0713. The van der Waals surface area contributed by atoms with Crippen molar-refractivity contribution in [1.82, 2.24) is 9.88 Å². The highest BCUT2D eigenvalue weighted by atomic mass is 16.5. The number of ether oxygens (including phenoxy) is 1. The summed E-state index contributed by atoms with van der Waals surface area (Å²) in [4.78, 5) is 22.7. The summed E-state index contributed by atoms with van der Waals surface area (Å²) in [6, 6.07) is 4.74. The molecule has 160 valence electrons. The number of aryl methyl sites for hydroxylation is 1. The van der Waals surface area contributed by atoms with Crippen molar-refractivity contribution in [3.05, 3.63) is 23.5 Å². The fourth-order valence-corrected chi connectivity index (χ4v) is 5.49. The summed E-state index contributed by atoms with van der Waals surface area (Å²) in [5, 5.41) is 0. The van der Waals surface area contributed by atoms with Crippen molar-refractivity contribution < 1.29 is 9.53 Å². The van der Waals surface area contributed by atoms with E-state index in [9.17, 15) is 4.79 Å². The largest absolute Gasteiger partial charge is 0.381 e. The summed E-state index contributed by atoms with van der Waals surface area (Å²) in [5.41, 5.74) is 3.07. The number of pyridine rings is 1. The summed E-state index contributed by atoms with van der Waals surface area (Å²) in [5.74, 6) is 1.24. The van der Waals surface area contributed by atoms with Crippen molar-refractivity contribution in [3.8, 4) is 0 Å². The lowest BCUT2D eigenvalue weighted by atomic mass is 9.84. The molecule has 1 amide bonds. The Kier molecular flexibility index (Phi) is 5.99. The second-order valence-corrected chi connectivity index (χ2v) is 10.1. The van der Waals surface area contributed by atoms with Crippen molar-refractivity contribution in [2.75, 3.05) is 38.3 Å². The van der Waals surface area contributed by atoms with Crippen LogP contribution in [0.15, 0.2) is 12.1 Å². The number of hydrogen-bond acceptors (Lipinski definition) is 4. The molecule has 1 aromatic rings. The number of fused-ring (bicyclic) bond motifs is 1. The number of rotatable bonds is 4. The van der Waals surface area contributed by atoms with Gasteiger partial charge in [-0.15, -0.1) is 0 Å². The summed E-state index contributed by atoms with van der Waals surface area (Å²) in [6.45, 7) is 10.2. The maximum atomic E-state index is 13.4. The van der Waals surface area contributed by atoms with E-state index in [0.29, 0.717) is 11.9 Å². The van der Waals surface area contributed by atoms with Gasteiger partial charge in [-0.05, 0) is 70.5 Å². The van der Waals surface area contributed by atoms with Gasteiger partial charge in [-0.25, -0.2) is 0 Å². The van der Waals surface area contributed by atoms with Crippen LogP contribution in [0.3, 0.4) is 0 Å². The monoisotopic (exact) mass is 399 g/mol. The number of anilines is 1. The van der Waals surface area contributed by atoms with Crippen LogP contribution in [0.25, 0.3) is 0 Å². The Labute approximate surface area is 175 Å². The van der Waals surface area contributed by atoms with Gasteiger partial charge in [0.1, 0.15) is 0 Å². The molecule has 0 bridgehead atoms. The van der Waals surface area contributed by atoms with E-state index >= 15 is 0 Å². The lowest BCUT2D eigenvalue weighted by molar-refractivity contribution is -0.123. The molecule has 5 heteroatoms. The average Bonchev–Trinajstić information content (AvgIpc) is 2.98. The van der Waals surface area contributed by atoms with Gasteiger partial charge in [0, 0.05) is 49.4 Å². The van der Waals surface area contributed by atoms with Crippen molar-refractivity contribution in [2.45, 2.75) is 70.8 Å². The number of carbonyl (C=O) groups is 1. The normalized spacial score (nSPS) is 27.3. The summed E-state index contributed by atoms with van der Waals surface area (Å²) < 4.78 is 5.50. The van der Waals surface area contributed by atoms with Crippen LogP contribution in [0.2, 0.25) is 0 Å². The highest BCUT2D eigenvalue weighted by Crippen LogP contribution is 2.41. The first-order valence-corrected chi connectivity index (χ1v) is 11.4. The Bertz CT molecular complexity index is 734. The Morgan fingerprint density at radius 3 is 2.55 bits per heavy atom. The third-order valence-electron chi connectivity index (χ3n) is 7.32. The second kappa shape index (κ2) is 8.35. The van der Waals surface area contributed by atoms with Crippen LogP contribution in [0.1, 0.15) is 63.8 Å². The molecule has 2 fully saturated rings. The van der Waals surface area contributed by atoms with Gasteiger partial charge in [-0.3, -0.25) is 9.78 Å². The van der Waals surface area contributed by atoms with Gasteiger partial charge in [0.2, 0.25) is 5.91 Å². The zero-order valence-corrected chi connectivity index (χ0v) is 18.6. The first-order valence-electron chi connectivity index (χ1n) is 11.4. The Morgan fingerprint density at radius 1 is 1.17 bits per heavy atom. The van der Waals surface area contributed by atoms with Crippen molar-refractivity contribution >= 4 is 11.6 Å². The first-order chi connectivity index (χ1) is 13.8. The van der Waals surface area contributed by atoms with Crippen LogP contribution in [0.4, 0.5) is 5.69 Å². The van der Waals surface area contributed by atoms with Crippen LogP contribution < -0.4 is 4.90 Å². The molecule has 29 heavy (non-hydrogen) atoms. The molecule has 0 unspecified atom stereocenters. The van der Waals surface area contributed by atoms with Gasteiger partial charge >= 0.3 is 0 Å². The minimum absolute atomic E-state index is 0.0713. The molecule has 3 heterocycles. The lowest BCUT2D eigenvalue weighted by Crippen LogP contribution is -2.43. The number of aromatic nitrogens is 1. The molecule has 3 aliphatic rings. The number of hydrogen-bond donors (Lipinski definition) is 0. The molecule has 0 atom stereocenters. The van der Waals surface area contributed by atoms with Crippen LogP contribution in [0.5, 0.6) is 0 Å². The van der Waals surface area contributed by atoms with E-state index in [4.69, 9.17) is 9.72 Å². The van der Waals surface area contributed by atoms with Crippen molar-refractivity contribution in [1.29, 1.82) is 0 Å². The third-order valence-corrected chi connectivity index (χ3v) is 7.32. The molecule has 0 aromatic carbocycles. The molecule has 2 aliphatic heterocycles. The smallest absolute Gasteiger partial charge is 0.230 e. The van der Waals surface area contributed by atoms with E-state index in [1.54, 1.807) is 0 Å². The number of amides is 1. The Hall–Kier alpha value is -1.46. The van der Waals surface area contributed by atoms with E-state index in [-0.39, 0.29) is 11.3 Å². The molecule has 4 rings (SSSR count). The van der Waals surface area contributed by atoms with Gasteiger partial charge in [0.15, 0.2) is 0 Å². The Balaban J connectivity index is 1.35. The second-order valence-electron chi connectivity index (χ2n) is 10.1. The third kappa shape index (κ3) is 4.36. The minimum Gasteiger partial charge on any atom is -0.381 e. The van der Waals surface area contributed by atoms with E-state index in [2.05, 4.69) is 31.9 Å². The van der Waals surface area contributed by atoms with E-state index in [1.807, 2.05) is 17.9 Å². The summed E-state index contributed by atoms with van der Waals surface area (Å²) >= 11 is 0. The standard InChI is InChI=1S/C24H37N3O2/c1-17-5-10-21-22(25-17)24(2,3)16-27(21)23(28)19-6-8-20(9-7-19)26(4)15-18-11-13-29-14-12-18/h5,10,18-20H,6-9,11-16H2,1-4H3/t19-,20-. The fraction of sp³-hybridized carbons (Fsp3) is 0.750. The number of nitrogens with zero attached hydrogens (tertiary/aromatic N) is 3. The van der Waals surface area contributed by atoms with E-state index < -0.39 is 0 Å². The molecule has 1 aliphatic carbocycles. The summed E-state index contributed by atoms with van der Waals surface area (Å²) in [6.07, 6.45) is 6.66. The first kappa shape index (κ1) is 20.8. The topological polar surface area (TPSA) is 45.7 Å². The predicted octanol–water partition coefficient (Wildman–Crippen LogP) is 3.93. The molecule has 5 nitrogen and oxygen atoms in total. The van der Waals surface area contributed by atoms with Crippen LogP contribution in [0, 0.1) is 18.8 Å². The average molecular weight is 400 g/mol.